The number of primary amides is 1. The molecule has 126 valence electrons. The molecule has 8 nitrogen and oxygen atoms in total. The number of nitro groups is 1. The zero-order valence-electron chi connectivity index (χ0n) is 12.0. The standard InChI is InChI=1S/C13H11ClN4O4S2/c14-9-2-1-7(3-10(9)18(21)22)12(20)17-13-16-8(5-24-13)4-23-6-11(15)19/h1-3,5H,4,6H2,(H2,15,19)(H,16,17,20). The number of nitrogens with one attached hydrogen (secondary N) is 1. The van der Waals surface area contributed by atoms with Gasteiger partial charge in [-0.1, -0.05) is 11.6 Å². The highest BCUT2D eigenvalue weighted by atomic mass is 35.5. The molecule has 2 amide bonds. The quantitative estimate of drug-likeness (QED) is 0.556. The Morgan fingerprint density at radius 1 is 1.46 bits per heavy atom. The first-order chi connectivity index (χ1) is 11.4. The lowest BCUT2D eigenvalue weighted by Gasteiger charge is -2.02. The number of hydrogen-bond acceptors (Lipinski definition) is 7. The maximum atomic E-state index is 12.1. The summed E-state index contributed by atoms with van der Waals surface area (Å²) in [4.78, 5) is 37.2. The summed E-state index contributed by atoms with van der Waals surface area (Å²) in [6.07, 6.45) is 0. The number of aromatic nitrogens is 1. The van der Waals surface area contributed by atoms with Gasteiger partial charge in [-0.25, -0.2) is 4.98 Å². The molecule has 0 aliphatic carbocycles. The molecule has 0 unspecified atom stereocenters. The molecule has 0 aliphatic heterocycles. The number of carbonyl (C=O) groups excluding carboxylic acids is 2. The van der Waals surface area contributed by atoms with Crippen LogP contribution in [0.4, 0.5) is 10.8 Å². The molecular weight excluding hydrogens is 376 g/mol. The minimum absolute atomic E-state index is 0.0421. The normalized spacial score (nSPS) is 10.4. The Hall–Kier alpha value is -2.17. The summed E-state index contributed by atoms with van der Waals surface area (Å²) < 4.78 is 0. The van der Waals surface area contributed by atoms with Gasteiger partial charge < -0.3 is 5.73 Å². The summed E-state index contributed by atoms with van der Waals surface area (Å²) in [5.74, 6) is -0.261. The molecule has 1 heterocycles. The average Bonchev–Trinajstić information content (AvgIpc) is 2.94. The Balaban J connectivity index is 2.02. The molecule has 0 bridgehead atoms. The zero-order chi connectivity index (χ0) is 17.7. The van der Waals surface area contributed by atoms with E-state index in [1.807, 2.05) is 0 Å². The minimum atomic E-state index is -0.656. The maximum absolute atomic E-state index is 12.1. The summed E-state index contributed by atoms with van der Waals surface area (Å²) in [5.41, 5.74) is 5.50. The van der Waals surface area contributed by atoms with Crippen LogP contribution in [0.5, 0.6) is 0 Å². The van der Waals surface area contributed by atoms with Crippen LogP contribution in [0.1, 0.15) is 16.1 Å². The van der Waals surface area contributed by atoms with Crippen LogP contribution in [-0.2, 0) is 10.5 Å². The van der Waals surface area contributed by atoms with Crippen molar-refractivity contribution in [1.29, 1.82) is 0 Å². The Kier molecular flexibility index (Phi) is 6.12. The van der Waals surface area contributed by atoms with Crippen molar-refractivity contribution < 1.29 is 14.5 Å². The third-order valence-electron chi connectivity index (χ3n) is 2.67. The van der Waals surface area contributed by atoms with E-state index in [1.54, 1.807) is 5.38 Å². The van der Waals surface area contributed by atoms with Crippen LogP contribution < -0.4 is 11.1 Å². The second-order valence-corrected chi connectivity index (χ2v) is 6.73. The molecule has 11 heteroatoms. The van der Waals surface area contributed by atoms with Gasteiger partial charge in [0.25, 0.3) is 11.6 Å². The fourth-order valence-electron chi connectivity index (χ4n) is 1.65. The van der Waals surface area contributed by atoms with Gasteiger partial charge >= 0.3 is 0 Å². The van der Waals surface area contributed by atoms with E-state index in [0.29, 0.717) is 16.6 Å². The first kappa shape index (κ1) is 18.2. The van der Waals surface area contributed by atoms with Crippen LogP contribution in [0.3, 0.4) is 0 Å². The van der Waals surface area contributed by atoms with Crippen molar-refractivity contribution in [3.05, 3.63) is 50.0 Å². The van der Waals surface area contributed by atoms with E-state index in [-0.39, 0.29) is 22.0 Å². The highest BCUT2D eigenvalue weighted by Crippen LogP contribution is 2.26. The van der Waals surface area contributed by atoms with E-state index in [4.69, 9.17) is 17.3 Å². The summed E-state index contributed by atoms with van der Waals surface area (Å²) in [6.45, 7) is 0. The molecule has 2 rings (SSSR count). The molecule has 0 aliphatic rings. The molecule has 24 heavy (non-hydrogen) atoms. The van der Waals surface area contributed by atoms with Crippen molar-refractivity contribution in [3.63, 3.8) is 0 Å². The number of anilines is 1. The third-order valence-corrected chi connectivity index (χ3v) is 4.79. The van der Waals surface area contributed by atoms with E-state index >= 15 is 0 Å². The van der Waals surface area contributed by atoms with Crippen molar-refractivity contribution in [2.24, 2.45) is 5.73 Å². The Morgan fingerprint density at radius 2 is 2.21 bits per heavy atom. The lowest BCUT2D eigenvalue weighted by atomic mass is 10.2. The number of halogens is 1. The number of carbonyl (C=O) groups is 2. The topological polar surface area (TPSA) is 128 Å². The average molecular weight is 387 g/mol. The van der Waals surface area contributed by atoms with Gasteiger partial charge in [-0.05, 0) is 12.1 Å². The third kappa shape index (κ3) is 4.91. The van der Waals surface area contributed by atoms with Gasteiger partial charge in [0.2, 0.25) is 5.91 Å². The molecule has 0 saturated carbocycles. The molecule has 1 aromatic carbocycles. The van der Waals surface area contributed by atoms with Crippen molar-refractivity contribution in [2.45, 2.75) is 5.75 Å². The van der Waals surface area contributed by atoms with Crippen LogP contribution in [-0.4, -0.2) is 27.5 Å². The van der Waals surface area contributed by atoms with Gasteiger partial charge in [0.05, 0.1) is 16.4 Å². The molecule has 0 spiro atoms. The number of hydrogen-bond donors (Lipinski definition) is 2. The number of nitro benzene ring substituents is 1. The SMILES string of the molecule is NC(=O)CSCc1csc(NC(=O)c2ccc(Cl)c([N+](=O)[O-])c2)n1. The minimum Gasteiger partial charge on any atom is -0.369 e. The number of thioether (sulfide) groups is 1. The Labute approximate surface area is 149 Å². The molecule has 0 radical (unpaired) electrons. The number of nitrogens with zero attached hydrogens (tertiary/aromatic N) is 2. The van der Waals surface area contributed by atoms with Crippen molar-refractivity contribution in [2.75, 3.05) is 11.1 Å². The second kappa shape index (κ2) is 8.08. The van der Waals surface area contributed by atoms with Gasteiger partial charge in [0.1, 0.15) is 5.02 Å². The Morgan fingerprint density at radius 3 is 2.88 bits per heavy atom. The second-order valence-electron chi connectivity index (χ2n) is 4.48. The first-order valence-corrected chi connectivity index (χ1v) is 8.84. The number of nitrogens with two attached hydrogens (primary N) is 1. The lowest BCUT2D eigenvalue weighted by Crippen LogP contribution is -2.13. The molecule has 0 saturated heterocycles. The number of thiazole rings is 1. The Bertz CT molecular complexity index is 796. The van der Waals surface area contributed by atoms with Crippen LogP contribution >= 0.6 is 34.7 Å². The number of rotatable bonds is 7. The van der Waals surface area contributed by atoms with Gasteiger partial charge in [0, 0.05) is 22.8 Å². The van der Waals surface area contributed by atoms with Crippen molar-refractivity contribution >= 4 is 57.3 Å². The van der Waals surface area contributed by atoms with Crippen LogP contribution in [0, 0.1) is 10.1 Å². The van der Waals surface area contributed by atoms with E-state index in [1.165, 1.54) is 35.2 Å². The zero-order valence-corrected chi connectivity index (χ0v) is 14.4. The maximum Gasteiger partial charge on any atom is 0.288 e. The molecule has 1 aromatic heterocycles. The van der Waals surface area contributed by atoms with E-state index in [9.17, 15) is 19.7 Å². The predicted molar refractivity (Wildman–Crippen MR) is 93.5 cm³/mol. The fraction of sp³-hybridized carbons (Fsp3) is 0.154. The molecule has 0 atom stereocenters. The highest BCUT2D eigenvalue weighted by Gasteiger charge is 2.17. The van der Waals surface area contributed by atoms with Crippen LogP contribution in [0.25, 0.3) is 0 Å². The summed E-state index contributed by atoms with van der Waals surface area (Å²) in [6, 6.07) is 3.79. The van der Waals surface area contributed by atoms with E-state index in [0.717, 1.165) is 6.07 Å². The van der Waals surface area contributed by atoms with E-state index < -0.39 is 16.7 Å². The molecule has 0 fully saturated rings. The fourth-order valence-corrected chi connectivity index (χ4v) is 3.31. The van der Waals surface area contributed by atoms with E-state index in [2.05, 4.69) is 10.3 Å². The predicted octanol–water partition coefficient (Wildman–Crippen LogP) is 2.68. The monoisotopic (exact) mass is 386 g/mol. The largest absolute Gasteiger partial charge is 0.369 e. The summed E-state index contributed by atoms with van der Waals surface area (Å²) in [5, 5.41) is 15.5. The number of benzene rings is 1. The van der Waals surface area contributed by atoms with Gasteiger partial charge in [-0.2, -0.15) is 0 Å². The van der Waals surface area contributed by atoms with Gasteiger partial charge in [-0.15, -0.1) is 23.1 Å². The summed E-state index contributed by atoms with van der Waals surface area (Å²) >= 11 is 8.24. The molecular formula is C13H11ClN4O4S2. The summed E-state index contributed by atoms with van der Waals surface area (Å²) in [7, 11) is 0. The van der Waals surface area contributed by atoms with Crippen molar-refractivity contribution in [3.8, 4) is 0 Å². The molecule has 2 aromatic rings. The molecule has 3 N–H and O–H groups in total. The van der Waals surface area contributed by atoms with Gasteiger partial charge in [-0.3, -0.25) is 25.0 Å². The lowest BCUT2D eigenvalue weighted by molar-refractivity contribution is -0.384. The highest BCUT2D eigenvalue weighted by molar-refractivity contribution is 7.99. The van der Waals surface area contributed by atoms with Crippen LogP contribution in [0.2, 0.25) is 5.02 Å². The van der Waals surface area contributed by atoms with Crippen LogP contribution in [0.15, 0.2) is 23.6 Å². The first-order valence-electron chi connectivity index (χ1n) is 6.42. The number of amides is 2. The van der Waals surface area contributed by atoms with Crippen molar-refractivity contribution in [1.82, 2.24) is 4.98 Å². The smallest absolute Gasteiger partial charge is 0.288 e. The van der Waals surface area contributed by atoms with Gasteiger partial charge in [0.15, 0.2) is 5.13 Å².